The van der Waals surface area contributed by atoms with Gasteiger partial charge in [0.05, 0.1) is 5.69 Å². The van der Waals surface area contributed by atoms with Crippen LogP contribution >= 0.6 is 0 Å². The zero-order valence-corrected chi connectivity index (χ0v) is 8.66. The molecule has 88 valence electrons. The molecule has 6 heteroatoms. The molecule has 0 aliphatic heterocycles. The van der Waals surface area contributed by atoms with Crippen molar-refractivity contribution < 1.29 is 14.3 Å². The summed E-state index contributed by atoms with van der Waals surface area (Å²) in [6.45, 7) is 0. The minimum absolute atomic E-state index is 0.151. The van der Waals surface area contributed by atoms with Gasteiger partial charge in [0, 0.05) is 6.42 Å². The first kappa shape index (κ1) is 11.1. The van der Waals surface area contributed by atoms with Gasteiger partial charge in [-0.3, -0.25) is 4.98 Å². The van der Waals surface area contributed by atoms with Crippen LogP contribution in [0.25, 0.3) is 0 Å². The van der Waals surface area contributed by atoms with Crippen LogP contribution in [0.2, 0.25) is 0 Å². The number of hydrogen-bond acceptors (Lipinski definition) is 2. The molecule has 5 nitrogen and oxygen atoms in total. The molecule has 3 N–H and O–H groups in total. The lowest BCUT2D eigenvalue weighted by Crippen LogP contribution is -2.04. The number of carbonyl (C=O) groups is 1. The van der Waals surface area contributed by atoms with Crippen LogP contribution in [0.3, 0.4) is 0 Å². The maximum atomic E-state index is 12.9. The molecule has 0 unspecified atom stereocenters. The fraction of sp³-hybridized carbons (Fsp3) is 0.0909. The predicted molar refractivity (Wildman–Crippen MR) is 57.6 cm³/mol. The highest BCUT2D eigenvalue weighted by Crippen LogP contribution is 2.10. The summed E-state index contributed by atoms with van der Waals surface area (Å²) in [5.74, 6) is -1.63. The van der Waals surface area contributed by atoms with Crippen LogP contribution in [0.15, 0.2) is 29.1 Å². The smallest absolute Gasteiger partial charge is 0.354 e. The lowest BCUT2D eigenvalue weighted by molar-refractivity contribution is 0.0690. The Kier molecular flexibility index (Phi) is 2.78. The SMILES string of the molecule is O=C(O)c1[nH]c(=O)[nH]c1Cc1cccc(F)c1. The molecule has 0 saturated carbocycles. The summed E-state index contributed by atoms with van der Waals surface area (Å²) in [5, 5.41) is 8.85. The maximum Gasteiger partial charge on any atom is 0.354 e. The summed E-state index contributed by atoms with van der Waals surface area (Å²) in [5.41, 5.74) is 0.0314. The average molecular weight is 236 g/mol. The lowest BCUT2D eigenvalue weighted by atomic mass is 10.1. The molecule has 1 aromatic carbocycles. The molecule has 0 bridgehead atoms. The molecular weight excluding hydrogens is 227 g/mol. The first-order valence-corrected chi connectivity index (χ1v) is 4.85. The number of nitrogens with one attached hydrogen (secondary N) is 2. The molecule has 2 rings (SSSR count). The fourth-order valence-corrected chi connectivity index (χ4v) is 1.59. The van der Waals surface area contributed by atoms with E-state index in [2.05, 4.69) is 9.97 Å². The van der Waals surface area contributed by atoms with E-state index in [1.54, 1.807) is 6.07 Å². The highest BCUT2D eigenvalue weighted by molar-refractivity contribution is 5.86. The number of aromatic amines is 2. The van der Waals surface area contributed by atoms with Crippen molar-refractivity contribution in [2.45, 2.75) is 6.42 Å². The van der Waals surface area contributed by atoms with Gasteiger partial charge in [0.2, 0.25) is 0 Å². The van der Waals surface area contributed by atoms with E-state index in [9.17, 15) is 14.0 Å². The number of benzene rings is 1. The van der Waals surface area contributed by atoms with Gasteiger partial charge in [-0.15, -0.1) is 0 Å². The number of carboxylic acid groups (broad SMARTS) is 1. The third kappa shape index (κ3) is 2.41. The Balaban J connectivity index is 2.36. The Hall–Kier alpha value is -2.37. The highest BCUT2D eigenvalue weighted by atomic mass is 19.1. The van der Waals surface area contributed by atoms with Gasteiger partial charge in [-0.05, 0) is 17.7 Å². The number of hydrogen-bond donors (Lipinski definition) is 3. The average Bonchev–Trinajstić information content (AvgIpc) is 2.59. The molecule has 0 aliphatic carbocycles. The van der Waals surface area contributed by atoms with Crippen LogP contribution in [0.1, 0.15) is 21.7 Å². The van der Waals surface area contributed by atoms with E-state index in [1.807, 2.05) is 0 Å². The summed E-state index contributed by atoms with van der Waals surface area (Å²) < 4.78 is 12.9. The third-order valence-corrected chi connectivity index (χ3v) is 2.29. The van der Waals surface area contributed by atoms with Gasteiger partial charge in [-0.2, -0.15) is 0 Å². The summed E-state index contributed by atoms with van der Waals surface area (Å²) in [4.78, 5) is 26.4. The van der Waals surface area contributed by atoms with E-state index >= 15 is 0 Å². The predicted octanol–water partition coefficient (Wildman–Crippen LogP) is 1.13. The Morgan fingerprint density at radius 3 is 2.76 bits per heavy atom. The van der Waals surface area contributed by atoms with E-state index in [4.69, 9.17) is 5.11 Å². The number of aromatic carboxylic acids is 1. The quantitative estimate of drug-likeness (QED) is 0.746. The van der Waals surface area contributed by atoms with Crippen LogP contribution in [0.4, 0.5) is 4.39 Å². The standard InChI is InChI=1S/C11H9FN2O3/c12-7-3-1-2-6(4-7)5-8-9(10(15)16)14-11(17)13-8/h1-4H,5H2,(H,15,16)(H2,13,14,17). The van der Waals surface area contributed by atoms with Crippen molar-refractivity contribution in [3.8, 4) is 0 Å². The van der Waals surface area contributed by atoms with Crippen molar-refractivity contribution in [1.29, 1.82) is 0 Å². The van der Waals surface area contributed by atoms with Gasteiger partial charge >= 0.3 is 11.7 Å². The molecule has 0 atom stereocenters. The van der Waals surface area contributed by atoms with Crippen LogP contribution < -0.4 is 5.69 Å². The fourth-order valence-electron chi connectivity index (χ4n) is 1.59. The first-order chi connectivity index (χ1) is 8.06. The number of rotatable bonds is 3. The van der Waals surface area contributed by atoms with Crippen molar-refractivity contribution in [3.63, 3.8) is 0 Å². The first-order valence-electron chi connectivity index (χ1n) is 4.85. The van der Waals surface area contributed by atoms with Crippen molar-refractivity contribution in [2.75, 3.05) is 0 Å². The van der Waals surface area contributed by atoms with E-state index in [0.29, 0.717) is 5.56 Å². The lowest BCUT2D eigenvalue weighted by Gasteiger charge is -2.00. The van der Waals surface area contributed by atoms with Gasteiger partial charge in [-0.25, -0.2) is 14.0 Å². The van der Waals surface area contributed by atoms with Gasteiger partial charge in [-0.1, -0.05) is 12.1 Å². The largest absolute Gasteiger partial charge is 0.477 e. The van der Waals surface area contributed by atoms with Crippen molar-refractivity contribution in [3.05, 3.63) is 57.5 Å². The second-order valence-electron chi connectivity index (χ2n) is 3.54. The topological polar surface area (TPSA) is 85.9 Å². The zero-order chi connectivity index (χ0) is 12.4. The minimum Gasteiger partial charge on any atom is -0.477 e. The Morgan fingerprint density at radius 2 is 2.12 bits per heavy atom. The molecule has 17 heavy (non-hydrogen) atoms. The van der Waals surface area contributed by atoms with Gasteiger partial charge in [0.25, 0.3) is 0 Å². The normalized spacial score (nSPS) is 10.4. The summed E-state index contributed by atoms with van der Waals surface area (Å²) in [7, 11) is 0. The molecule has 1 heterocycles. The molecule has 0 aliphatic rings. The van der Waals surface area contributed by atoms with Gasteiger partial charge < -0.3 is 10.1 Å². The Morgan fingerprint density at radius 1 is 1.35 bits per heavy atom. The van der Waals surface area contributed by atoms with Gasteiger partial charge in [0.15, 0.2) is 0 Å². The molecule has 0 radical (unpaired) electrons. The van der Waals surface area contributed by atoms with E-state index < -0.39 is 17.5 Å². The van der Waals surface area contributed by atoms with Crippen molar-refractivity contribution in [2.24, 2.45) is 0 Å². The van der Waals surface area contributed by atoms with Crippen LogP contribution in [-0.4, -0.2) is 21.0 Å². The van der Waals surface area contributed by atoms with Crippen LogP contribution in [0.5, 0.6) is 0 Å². The summed E-state index contributed by atoms with van der Waals surface area (Å²) in [6, 6.07) is 5.76. The Bertz CT molecular complexity index is 615. The summed E-state index contributed by atoms with van der Waals surface area (Å²) >= 11 is 0. The van der Waals surface area contributed by atoms with Crippen LogP contribution in [-0.2, 0) is 6.42 Å². The van der Waals surface area contributed by atoms with Gasteiger partial charge in [0.1, 0.15) is 11.5 Å². The zero-order valence-electron chi connectivity index (χ0n) is 8.66. The Labute approximate surface area is 94.9 Å². The van der Waals surface area contributed by atoms with Crippen LogP contribution in [0, 0.1) is 5.82 Å². The molecule has 0 amide bonds. The van der Waals surface area contributed by atoms with Crippen molar-refractivity contribution >= 4 is 5.97 Å². The minimum atomic E-state index is -1.23. The number of halogens is 1. The molecule has 0 fully saturated rings. The van der Waals surface area contributed by atoms with E-state index in [1.165, 1.54) is 18.2 Å². The monoisotopic (exact) mass is 236 g/mol. The molecule has 1 aromatic heterocycles. The second kappa shape index (κ2) is 4.25. The molecule has 2 aromatic rings. The van der Waals surface area contributed by atoms with E-state index in [-0.39, 0.29) is 17.8 Å². The summed E-state index contributed by atoms with van der Waals surface area (Å²) in [6.07, 6.45) is 0.151. The van der Waals surface area contributed by atoms with Crippen molar-refractivity contribution in [1.82, 2.24) is 9.97 Å². The highest BCUT2D eigenvalue weighted by Gasteiger charge is 2.14. The molecular formula is C11H9FN2O3. The second-order valence-corrected chi connectivity index (χ2v) is 3.54. The number of imidazole rings is 1. The molecule has 0 spiro atoms. The number of aromatic nitrogens is 2. The van der Waals surface area contributed by atoms with E-state index in [0.717, 1.165) is 0 Å². The maximum absolute atomic E-state index is 12.9. The molecule has 0 saturated heterocycles. The third-order valence-electron chi connectivity index (χ3n) is 2.29. The number of H-pyrrole nitrogens is 2. The number of carboxylic acids is 1.